The van der Waals surface area contributed by atoms with E-state index in [1.54, 1.807) is 10.6 Å². The minimum Gasteiger partial charge on any atom is -0.469 e. The van der Waals surface area contributed by atoms with E-state index in [1.807, 2.05) is 36.4 Å². The predicted octanol–water partition coefficient (Wildman–Crippen LogP) is 3.29. The van der Waals surface area contributed by atoms with Crippen molar-refractivity contribution < 1.29 is 9.53 Å². The molecule has 0 saturated carbocycles. The first-order chi connectivity index (χ1) is 12.7. The summed E-state index contributed by atoms with van der Waals surface area (Å²) in [5, 5.41) is 1.19. The number of rotatable bonds is 7. The maximum Gasteiger partial charge on any atom is 0.307 e. The monoisotopic (exact) mass is 368 g/mol. The number of carbonyl (C=O) groups is 1. The molecule has 0 fully saturated rings. The summed E-state index contributed by atoms with van der Waals surface area (Å²) in [4.78, 5) is 29.0. The van der Waals surface area contributed by atoms with E-state index in [1.165, 1.54) is 24.4 Å². The first-order valence-electron chi connectivity index (χ1n) is 8.42. The highest BCUT2D eigenvalue weighted by molar-refractivity contribution is 7.99. The summed E-state index contributed by atoms with van der Waals surface area (Å²) in [5.74, 6) is 0.456. The molecule has 2 aromatic carbocycles. The van der Waals surface area contributed by atoms with Crippen LogP contribution in [-0.4, -0.2) is 28.4 Å². The van der Waals surface area contributed by atoms with E-state index >= 15 is 0 Å². The maximum absolute atomic E-state index is 12.8. The minimum atomic E-state index is -0.342. The second-order valence-corrected chi connectivity index (χ2v) is 6.84. The van der Waals surface area contributed by atoms with Crippen LogP contribution >= 0.6 is 11.8 Å². The fourth-order valence-corrected chi connectivity index (χ4v) is 3.68. The van der Waals surface area contributed by atoms with Gasteiger partial charge in [0, 0.05) is 12.3 Å². The minimum absolute atomic E-state index is 0.123. The lowest BCUT2D eigenvalue weighted by molar-refractivity contribution is -0.140. The van der Waals surface area contributed by atoms with E-state index in [2.05, 4.69) is 17.1 Å². The Kier molecular flexibility index (Phi) is 6.07. The molecule has 0 aliphatic heterocycles. The van der Waals surface area contributed by atoms with Crippen LogP contribution in [0.5, 0.6) is 0 Å². The van der Waals surface area contributed by atoms with Crippen LogP contribution in [-0.2, 0) is 22.5 Å². The van der Waals surface area contributed by atoms with Crippen molar-refractivity contribution in [1.29, 1.82) is 0 Å². The molecule has 6 heteroatoms. The van der Waals surface area contributed by atoms with Crippen LogP contribution in [0.15, 0.2) is 64.5 Å². The van der Waals surface area contributed by atoms with Crippen molar-refractivity contribution in [2.75, 3.05) is 12.9 Å². The molecule has 0 aliphatic carbocycles. The number of ether oxygens (including phenoxy) is 1. The van der Waals surface area contributed by atoms with E-state index in [-0.39, 0.29) is 24.5 Å². The van der Waals surface area contributed by atoms with Gasteiger partial charge in [-0.15, -0.1) is 0 Å². The smallest absolute Gasteiger partial charge is 0.307 e. The fourth-order valence-electron chi connectivity index (χ4n) is 2.67. The number of esters is 1. The highest BCUT2D eigenvalue weighted by Crippen LogP contribution is 2.19. The van der Waals surface area contributed by atoms with E-state index in [0.29, 0.717) is 16.1 Å². The summed E-state index contributed by atoms with van der Waals surface area (Å²) >= 11 is 1.53. The lowest BCUT2D eigenvalue weighted by Crippen LogP contribution is -2.25. The summed E-state index contributed by atoms with van der Waals surface area (Å²) in [6, 6.07) is 17.5. The fraction of sp³-hybridized carbons (Fsp3) is 0.250. The molecule has 3 aromatic rings. The molecule has 5 nitrogen and oxygen atoms in total. The van der Waals surface area contributed by atoms with E-state index < -0.39 is 0 Å². The molecule has 0 aliphatic rings. The number of benzene rings is 2. The molecule has 0 saturated heterocycles. The molecule has 0 spiro atoms. The molecule has 3 rings (SSSR count). The van der Waals surface area contributed by atoms with Crippen molar-refractivity contribution in [3.8, 4) is 0 Å². The van der Waals surface area contributed by atoms with Gasteiger partial charge >= 0.3 is 5.97 Å². The lowest BCUT2D eigenvalue weighted by atomic mass is 10.2. The molecule has 0 unspecified atom stereocenters. The van der Waals surface area contributed by atoms with E-state index in [0.717, 1.165) is 12.2 Å². The van der Waals surface area contributed by atoms with Crippen molar-refractivity contribution in [1.82, 2.24) is 9.55 Å². The van der Waals surface area contributed by atoms with Gasteiger partial charge in [-0.3, -0.25) is 14.2 Å². The zero-order valence-corrected chi connectivity index (χ0v) is 15.4. The third-order valence-corrected chi connectivity index (χ3v) is 5.04. The van der Waals surface area contributed by atoms with Crippen molar-refractivity contribution >= 4 is 28.6 Å². The first-order valence-corrected chi connectivity index (χ1v) is 9.40. The van der Waals surface area contributed by atoms with Gasteiger partial charge in [0.2, 0.25) is 0 Å². The summed E-state index contributed by atoms with van der Waals surface area (Å²) in [5.41, 5.74) is 1.79. The zero-order valence-electron chi connectivity index (χ0n) is 14.6. The first kappa shape index (κ1) is 18.2. The molecule has 0 radical (unpaired) electrons. The molecular weight excluding hydrogens is 348 g/mol. The average molecular weight is 368 g/mol. The Labute approximate surface area is 156 Å². The Morgan fingerprint density at radius 2 is 1.85 bits per heavy atom. The summed E-state index contributed by atoms with van der Waals surface area (Å²) in [6.07, 6.45) is 1.02. The second-order valence-electron chi connectivity index (χ2n) is 5.78. The number of carbonyl (C=O) groups excluding carboxylic acids is 1. The Balaban J connectivity index is 1.85. The number of aryl methyl sites for hydroxylation is 1. The van der Waals surface area contributed by atoms with Gasteiger partial charge in [0.05, 0.1) is 24.4 Å². The van der Waals surface area contributed by atoms with Crippen LogP contribution in [0.3, 0.4) is 0 Å². The van der Waals surface area contributed by atoms with Crippen LogP contribution < -0.4 is 5.56 Å². The van der Waals surface area contributed by atoms with Crippen LogP contribution in [0.2, 0.25) is 0 Å². The topological polar surface area (TPSA) is 61.2 Å². The number of methoxy groups -OCH3 is 1. The summed E-state index contributed by atoms with van der Waals surface area (Å²) in [6.45, 7) is 0.261. The number of hydrogen-bond acceptors (Lipinski definition) is 5. The van der Waals surface area contributed by atoms with Gasteiger partial charge in [-0.25, -0.2) is 4.98 Å². The van der Waals surface area contributed by atoms with Crippen molar-refractivity contribution in [3.05, 3.63) is 70.5 Å². The van der Waals surface area contributed by atoms with Gasteiger partial charge in [0.1, 0.15) is 0 Å². The average Bonchev–Trinajstić information content (AvgIpc) is 2.68. The van der Waals surface area contributed by atoms with Crippen LogP contribution in [0.4, 0.5) is 0 Å². The molecule has 0 amide bonds. The van der Waals surface area contributed by atoms with Gasteiger partial charge < -0.3 is 4.74 Å². The number of thioether (sulfide) groups is 1. The van der Waals surface area contributed by atoms with Gasteiger partial charge in [0.15, 0.2) is 5.16 Å². The SMILES string of the molecule is COC(=O)CCn1c(SCCc2ccccc2)nc2ccccc2c1=O. The third-order valence-electron chi connectivity index (χ3n) is 4.06. The van der Waals surface area contributed by atoms with Gasteiger partial charge in [-0.2, -0.15) is 0 Å². The summed E-state index contributed by atoms with van der Waals surface area (Å²) < 4.78 is 6.27. The van der Waals surface area contributed by atoms with E-state index in [9.17, 15) is 9.59 Å². The van der Waals surface area contributed by atoms with Gasteiger partial charge in [-0.1, -0.05) is 54.2 Å². The number of nitrogens with zero attached hydrogens (tertiary/aromatic N) is 2. The molecule has 1 aromatic heterocycles. The van der Waals surface area contributed by atoms with Crippen LogP contribution in [0.25, 0.3) is 10.9 Å². The molecule has 134 valence electrons. The molecule has 26 heavy (non-hydrogen) atoms. The standard InChI is InChI=1S/C20H20N2O3S/c1-25-18(23)11-13-22-19(24)16-9-5-6-10-17(16)21-20(22)26-14-12-15-7-3-2-4-8-15/h2-10H,11-14H2,1H3. The largest absolute Gasteiger partial charge is 0.469 e. The number of hydrogen-bond donors (Lipinski definition) is 0. The Morgan fingerprint density at radius 1 is 1.12 bits per heavy atom. The third kappa shape index (κ3) is 4.32. The highest BCUT2D eigenvalue weighted by Gasteiger charge is 2.13. The van der Waals surface area contributed by atoms with Gasteiger partial charge in [-0.05, 0) is 24.1 Å². The van der Waals surface area contributed by atoms with E-state index in [4.69, 9.17) is 4.74 Å². The molecule has 0 N–H and O–H groups in total. The van der Waals surface area contributed by atoms with Crippen molar-refractivity contribution in [3.63, 3.8) is 0 Å². The molecule has 0 bridgehead atoms. The number of para-hydroxylation sites is 1. The maximum atomic E-state index is 12.8. The normalized spacial score (nSPS) is 10.8. The van der Waals surface area contributed by atoms with Crippen LogP contribution in [0.1, 0.15) is 12.0 Å². The quantitative estimate of drug-likeness (QED) is 0.364. The Morgan fingerprint density at radius 3 is 2.62 bits per heavy atom. The number of fused-ring (bicyclic) bond motifs is 1. The lowest BCUT2D eigenvalue weighted by Gasteiger charge is -2.12. The van der Waals surface area contributed by atoms with Crippen LogP contribution in [0, 0.1) is 0 Å². The summed E-state index contributed by atoms with van der Waals surface area (Å²) in [7, 11) is 1.35. The molecule has 1 heterocycles. The Bertz CT molecular complexity index is 954. The van der Waals surface area contributed by atoms with Crippen molar-refractivity contribution in [2.45, 2.75) is 24.5 Å². The Hall–Kier alpha value is -2.60. The number of aromatic nitrogens is 2. The molecular formula is C20H20N2O3S. The second kappa shape index (κ2) is 8.67. The van der Waals surface area contributed by atoms with Crippen molar-refractivity contribution in [2.24, 2.45) is 0 Å². The van der Waals surface area contributed by atoms with Gasteiger partial charge in [0.25, 0.3) is 5.56 Å². The predicted molar refractivity (Wildman–Crippen MR) is 104 cm³/mol. The zero-order chi connectivity index (χ0) is 18.4. The highest BCUT2D eigenvalue weighted by atomic mass is 32.2. The molecule has 0 atom stereocenters.